The molecule has 1 aliphatic heterocycles. The molecule has 0 bridgehead atoms. The van der Waals surface area contributed by atoms with E-state index in [4.69, 9.17) is 14.3 Å². The van der Waals surface area contributed by atoms with E-state index < -0.39 is 17.8 Å². The fraction of sp³-hybridized carbons (Fsp3) is 0.400. The van der Waals surface area contributed by atoms with Gasteiger partial charge in [0.25, 0.3) is 11.8 Å². The molecule has 3 rings (SSSR count). The van der Waals surface area contributed by atoms with Gasteiger partial charge in [0.2, 0.25) is 0 Å². The SMILES string of the molecule is O=C(CCOCCOCCN(Cc1ccccc1)Cc1ccccc1)ON1C(=O)CCC1=O. The van der Waals surface area contributed by atoms with Crippen molar-refractivity contribution >= 4 is 17.8 Å². The molecule has 1 heterocycles. The minimum absolute atomic E-state index is 0.0427. The van der Waals surface area contributed by atoms with Gasteiger partial charge in [0.15, 0.2) is 0 Å². The molecule has 1 fully saturated rings. The molecule has 176 valence electrons. The fourth-order valence-corrected chi connectivity index (χ4v) is 3.37. The monoisotopic (exact) mass is 454 g/mol. The molecule has 8 nitrogen and oxygen atoms in total. The molecule has 2 aromatic carbocycles. The van der Waals surface area contributed by atoms with Crippen LogP contribution in [0.2, 0.25) is 0 Å². The van der Waals surface area contributed by atoms with E-state index in [0.717, 1.165) is 19.6 Å². The van der Waals surface area contributed by atoms with Crippen LogP contribution in [-0.4, -0.2) is 60.7 Å². The van der Waals surface area contributed by atoms with Crippen LogP contribution in [0.3, 0.4) is 0 Å². The molecule has 2 amide bonds. The fourth-order valence-electron chi connectivity index (χ4n) is 3.37. The van der Waals surface area contributed by atoms with Crippen LogP contribution in [0, 0.1) is 0 Å². The molecular weight excluding hydrogens is 424 g/mol. The molecule has 0 unspecified atom stereocenters. The molecule has 0 aromatic heterocycles. The van der Waals surface area contributed by atoms with E-state index in [2.05, 4.69) is 29.2 Å². The summed E-state index contributed by atoms with van der Waals surface area (Å²) in [4.78, 5) is 41.7. The summed E-state index contributed by atoms with van der Waals surface area (Å²) in [5, 5.41) is 0.544. The van der Waals surface area contributed by atoms with Gasteiger partial charge < -0.3 is 14.3 Å². The maximum atomic E-state index is 11.7. The summed E-state index contributed by atoms with van der Waals surface area (Å²) >= 11 is 0. The Morgan fingerprint density at radius 1 is 0.758 bits per heavy atom. The summed E-state index contributed by atoms with van der Waals surface area (Å²) in [7, 11) is 0. The van der Waals surface area contributed by atoms with Gasteiger partial charge in [-0.05, 0) is 11.1 Å². The van der Waals surface area contributed by atoms with Crippen molar-refractivity contribution in [2.75, 3.05) is 33.0 Å². The van der Waals surface area contributed by atoms with Crippen molar-refractivity contribution in [2.24, 2.45) is 0 Å². The highest BCUT2D eigenvalue weighted by Crippen LogP contribution is 2.13. The number of hydroxylamine groups is 2. The Kier molecular flexibility index (Phi) is 10.0. The zero-order chi connectivity index (χ0) is 23.3. The third-order valence-electron chi connectivity index (χ3n) is 5.07. The van der Waals surface area contributed by atoms with Gasteiger partial charge in [0.1, 0.15) is 0 Å². The predicted octanol–water partition coefficient (Wildman–Crippen LogP) is 2.72. The molecular formula is C25H30N2O6. The molecule has 1 aliphatic rings. The molecule has 8 heteroatoms. The minimum Gasteiger partial charge on any atom is -0.378 e. The lowest BCUT2D eigenvalue weighted by molar-refractivity contribution is -0.198. The largest absolute Gasteiger partial charge is 0.378 e. The average Bonchev–Trinajstić information content (AvgIpc) is 3.14. The minimum atomic E-state index is -0.669. The van der Waals surface area contributed by atoms with Crippen LogP contribution in [0.15, 0.2) is 60.7 Å². The van der Waals surface area contributed by atoms with Crippen LogP contribution in [0.1, 0.15) is 30.4 Å². The molecule has 0 radical (unpaired) electrons. The van der Waals surface area contributed by atoms with Gasteiger partial charge in [0, 0.05) is 32.5 Å². The van der Waals surface area contributed by atoms with Crippen molar-refractivity contribution in [3.8, 4) is 0 Å². The second-order valence-electron chi connectivity index (χ2n) is 7.70. The number of amides is 2. The normalized spacial score (nSPS) is 13.7. The summed E-state index contributed by atoms with van der Waals surface area (Å²) in [6.45, 7) is 3.87. The van der Waals surface area contributed by atoms with Crippen LogP contribution in [0.25, 0.3) is 0 Å². The standard InChI is InChI=1S/C25H30N2O6/c28-23-11-12-24(29)27(23)33-25(30)13-15-31-17-18-32-16-14-26(19-21-7-3-1-4-8-21)20-22-9-5-2-6-10-22/h1-10H,11-20H2. The number of imide groups is 1. The Morgan fingerprint density at radius 2 is 1.27 bits per heavy atom. The van der Waals surface area contributed by atoms with E-state index in [9.17, 15) is 14.4 Å². The van der Waals surface area contributed by atoms with Crippen molar-refractivity contribution in [2.45, 2.75) is 32.4 Å². The van der Waals surface area contributed by atoms with Gasteiger partial charge >= 0.3 is 5.97 Å². The third kappa shape index (κ3) is 8.76. The lowest BCUT2D eigenvalue weighted by atomic mass is 10.1. The van der Waals surface area contributed by atoms with Gasteiger partial charge in [-0.2, -0.15) is 0 Å². The number of ether oxygens (including phenoxy) is 2. The Hall–Kier alpha value is -3.07. The van der Waals surface area contributed by atoms with Crippen LogP contribution < -0.4 is 0 Å². The van der Waals surface area contributed by atoms with Crippen molar-refractivity contribution in [1.82, 2.24) is 9.96 Å². The van der Waals surface area contributed by atoms with E-state index in [1.54, 1.807) is 0 Å². The van der Waals surface area contributed by atoms with Gasteiger partial charge in [-0.1, -0.05) is 60.7 Å². The Morgan fingerprint density at radius 3 is 1.82 bits per heavy atom. The van der Waals surface area contributed by atoms with E-state index in [1.807, 2.05) is 36.4 Å². The quantitative estimate of drug-likeness (QED) is 0.320. The maximum absolute atomic E-state index is 11.7. The first-order chi connectivity index (χ1) is 16.1. The highest BCUT2D eigenvalue weighted by molar-refractivity contribution is 6.01. The van der Waals surface area contributed by atoms with E-state index in [-0.39, 0.29) is 25.9 Å². The highest BCUT2D eigenvalue weighted by Gasteiger charge is 2.32. The molecule has 2 aromatic rings. The topological polar surface area (TPSA) is 85.4 Å². The summed E-state index contributed by atoms with van der Waals surface area (Å²) in [6.07, 6.45) is 0.112. The lowest BCUT2D eigenvalue weighted by Crippen LogP contribution is -2.32. The van der Waals surface area contributed by atoms with E-state index in [0.29, 0.717) is 24.9 Å². The Balaban J connectivity index is 1.29. The van der Waals surface area contributed by atoms with Crippen LogP contribution in [-0.2, 0) is 41.8 Å². The zero-order valence-corrected chi connectivity index (χ0v) is 18.7. The molecule has 0 atom stereocenters. The Labute approximate surface area is 194 Å². The van der Waals surface area contributed by atoms with E-state index >= 15 is 0 Å². The number of hydrogen-bond acceptors (Lipinski definition) is 7. The first-order valence-electron chi connectivity index (χ1n) is 11.1. The van der Waals surface area contributed by atoms with Gasteiger partial charge in [-0.15, -0.1) is 5.06 Å². The number of benzene rings is 2. The smallest absolute Gasteiger partial charge is 0.335 e. The molecule has 0 spiro atoms. The van der Waals surface area contributed by atoms with Crippen molar-refractivity contribution in [3.63, 3.8) is 0 Å². The van der Waals surface area contributed by atoms with Crippen LogP contribution in [0.4, 0.5) is 0 Å². The van der Waals surface area contributed by atoms with Crippen LogP contribution >= 0.6 is 0 Å². The van der Waals surface area contributed by atoms with Gasteiger partial charge in [-0.25, -0.2) is 4.79 Å². The van der Waals surface area contributed by atoms with Crippen molar-refractivity contribution in [1.29, 1.82) is 0 Å². The second kappa shape index (κ2) is 13.5. The molecule has 0 N–H and O–H groups in total. The summed E-state index contributed by atoms with van der Waals surface area (Å²) in [5.74, 6) is -1.65. The van der Waals surface area contributed by atoms with Crippen LogP contribution in [0.5, 0.6) is 0 Å². The maximum Gasteiger partial charge on any atom is 0.335 e. The number of nitrogens with zero attached hydrogens (tertiary/aromatic N) is 2. The highest BCUT2D eigenvalue weighted by atomic mass is 16.7. The van der Waals surface area contributed by atoms with Gasteiger partial charge in [0.05, 0.1) is 32.8 Å². The summed E-state index contributed by atoms with van der Waals surface area (Å²) in [5.41, 5.74) is 2.50. The predicted molar refractivity (Wildman–Crippen MR) is 120 cm³/mol. The molecule has 0 aliphatic carbocycles. The van der Waals surface area contributed by atoms with Crippen molar-refractivity contribution < 1.29 is 28.7 Å². The first kappa shape index (κ1) is 24.6. The number of carbonyl (C=O) groups excluding carboxylic acids is 3. The zero-order valence-electron chi connectivity index (χ0n) is 18.7. The van der Waals surface area contributed by atoms with Crippen molar-refractivity contribution in [3.05, 3.63) is 71.8 Å². The molecule has 0 saturated carbocycles. The number of rotatable bonds is 14. The third-order valence-corrected chi connectivity index (χ3v) is 5.07. The molecule has 1 saturated heterocycles. The van der Waals surface area contributed by atoms with Gasteiger partial charge in [-0.3, -0.25) is 14.5 Å². The lowest BCUT2D eigenvalue weighted by Gasteiger charge is -2.22. The van der Waals surface area contributed by atoms with E-state index in [1.165, 1.54) is 11.1 Å². The Bertz CT molecular complexity index is 833. The summed E-state index contributed by atoms with van der Waals surface area (Å²) < 4.78 is 11.1. The number of hydrogen-bond donors (Lipinski definition) is 0. The number of carbonyl (C=O) groups is 3. The molecule has 33 heavy (non-hydrogen) atoms. The second-order valence-corrected chi connectivity index (χ2v) is 7.70. The average molecular weight is 455 g/mol. The first-order valence-corrected chi connectivity index (χ1v) is 11.1. The summed E-state index contributed by atoms with van der Waals surface area (Å²) in [6, 6.07) is 20.7.